The molecule has 1 saturated heterocycles. The first-order chi connectivity index (χ1) is 12.0. The Bertz CT molecular complexity index is 806. The minimum absolute atomic E-state index is 0.0217. The van der Waals surface area contributed by atoms with Gasteiger partial charge in [0, 0.05) is 26.2 Å². The third-order valence-electron chi connectivity index (χ3n) is 3.76. The van der Waals surface area contributed by atoms with Gasteiger partial charge < -0.3 is 14.5 Å². The molecule has 0 aliphatic carbocycles. The van der Waals surface area contributed by atoms with E-state index in [1.54, 1.807) is 36.6 Å². The van der Waals surface area contributed by atoms with Gasteiger partial charge >= 0.3 is 12.3 Å². The number of nitrogens with zero attached hydrogens (tertiary/aromatic N) is 6. The second kappa shape index (κ2) is 6.29. The Morgan fingerprint density at radius 2 is 1.73 bits per heavy atom. The van der Waals surface area contributed by atoms with Crippen LogP contribution in [0.2, 0.25) is 0 Å². The van der Waals surface area contributed by atoms with E-state index in [0.717, 1.165) is 0 Å². The Morgan fingerprint density at radius 1 is 1.08 bits per heavy atom. The SMILES string of the molecule is CC(C)(C)OC(=O)N1CCN(c2ccc3nnc(C(F)(F)F)n3n2)CC1. The van der Waals surface area contributed by atoms with E-state index < -0.39 is 23.7 Å². The second-order valence-corrected chi connectivity index (χ2v) is 6.94. The first-order valence-electron chi connectivity index (χ1n) is 8.07. The predicted octanol–water partition coefficient (Wildman–Crippen LogP) is 2.20. The minimum Gasteiger partial charge on any atom is -0.444 e. The Hall–Kier alpha value is -2.59. The number of carbonyl (C=O) groups is 1. The Kier molecular flexibility index (Phi) is 4.41. The van der Waals surface area contributed by atoms with Crippen molar-refractivity contribution in [2.24, 2.45) is 0 Å². The van der Waals surface area contributed by atoms with E-state index >= 15 is 0 Å². The number of rotatable bonds is 1. The van der Waals surface area contributed by atoms with Gasteiger partial charge in [-0.15, -0.1) is 15.3 Å². The van der Waals surface area contributed by atoms with Gasteiger partial charge in [0.2, 0.25) is 0 Å². The molecule has 0 atom stereocenters. The Labute approximate surface area is 147 Å². The largest absolute Gasteiger partial charge is 0.453 e. The molecule has 1 aliphatic heterocycles. The standard InChI is InChI=1S/C15H19F3N6O2/c1-14(2,3)26-13(25)23-8-6-22(7-9-23)11-5-4-10-19-20-12(15(16,17)18)24(10)21-11/h4-5H,6-9H2,1-3H3. The average molecular weight is 372 g/mol. The van der Waals surface area contributed by atoms with Gasteiger partial charge in [-0.1, -0.05) is 0 Å². The maximum atomic E-state index is 13.0. The summed E-state index contributed by atoms with van der Waals surface area (Å²) in [4.78, 5) is 15.5. The minimum atomic E-state index is -4.64. The molecule has 26 heavy (non-hydrogen) atoms. The molecular weight excluding hydrogens is 353 g/mol. The van der Waals surface area contributed by atoms with Gasteiger partial charge in [-0.3, -0.25) is 0 Å². The van der Waals surface area contributed by atoms with Gasteiger partial charge in [0.15, 0.2) is 5.65 Å². The fourth-order valence-electron chi connectivity index (χ4n) is 2.57. The fraction of sp³-hybridized carbons (Fsp3) is 0.600. The van der Waals surface area contributed by atoms with Crippen LogP contribution in [0.5, 0.6) is 0 Å². The number of amides is 1. The van der Waals surface area contributed by atoms with Crippen LogP contribution in [0.15, 0.2) is 12.1 Å². The van der Waals surface area contributed by atoms with Gasteiger partial charge in [0.05, 0.1) is 0 Å². The molecule has 1 amide bonds. The van der Waals surface area contributed by atoms with E-state index in [2.05, 4.69) is 15.3 Å². The molecule has 0 aromatic carbocycles. The van der Waals surface area contributed by atoms with Gasteiger partial charge in [-0.05, 0) is 32.9 Å². The topological polar surface area (TPSA) is 75.9 Å². The van der Waals surface area contributed by atoms with Crippen LogP contribution in [0.4, 0.5) is 23.8 Å². The predicted molar refractivity (Wildman–Crippen MR) is 85.8 cm³/mol. The van der Waals surface area contributed by atoms with Crippen molar-refractivity contribution < 1.29 is 22.7 Å². The van der Waals surface area contributed by atoms with Crippen molar-refractivity contribution in [2.45, 2.75) is 32.5 Å². The van der Waals surface area contributed by atoms with Crippen LogP contribution in [-0.4, -0.2) is 62.6 Å². The van der Waals surface area contributed by atoms with E-state index in [-0.39, 0.29) is 5.65 Å². The molecule has 0 N–H and O–H groups in total. The van der Waals surface area contributed by atoms with Crippen molar-refractivity contribution >= 4 is 17.6 Å². The van der Waals surface area contributed by atoms with Crippen LogP contribution in [0.25, 0.3) is 5.65 Å². The van der Waals surface area contributed by atoms with Crippen molar-refractivity contribution in [1.82, 2.24) is 24.7 Å². The molecular formula is C15H19F3N6O2. The van der Waals surface area contributed by atoms with Crippen molar-refractivity contribution in [1.29, 1.82) is 0 Å². The molecule has 2 aromatic rings. The summed E-state index contributed by atoms with van der Waals surface area (Å²) >= 11 is 0. The van der Waals surface area contributed by atoms with Crippen molar-refractivity contribution in [3.05, 3.63) is 18.0 Å². The van der Waals surface area contributed by atoms with Crippen molar-refractivity contribution in [3.63, 3.8) is 0 Å². The van der Waals surface area contributed by atoms with E-state index in [4.69, 9.17) is 4.74 Å². The van der Waals surface area contributed by atoms with Crippen LogP contribution in [0.3, 0.4) is 0 Å². The molecule has 11 heteroatoms. The van der Waals surface area contributed by atoms with Gasteiger partial charge in [0.1, 0.15) is 11.4 Å². The van der Waals surface area contributed by atoms with E-state index in [1.807, 2.05) is 0 Å². The highest BCUT2D eigenvalue weighted by molar-refractivity contribution is 5.68. The molecule has 1 fully saturated rings. The number of piperazine rings is 1. The Balaban J connectivity index is 1.72. The number of aromatic nitrogens is 4. The summed E-state index contributed by atoms with van der Waals surface area (Å²) in [6.45, 7) is 7.02. The smallest absolute Gasteiger partial charge is 0.444 e. The Morgan fingerprint density at radius 3 is 2.31 bits per heavy atom. The highest BCUT2D eigenvalue weighted by atomic mass is 19.4. The van der Waals surface area contributed by atoms with Crippen LogP contribution in [0, 0.1) is 0 Å². The number of halogens is 3. The summed E-state index contributed by atoms with van der Waals surface area (Å²) in [6, 6.07) is 3.03. The van der Waals surface area contributed by atoms with Crippen molar-refractivity contribution in [3.8, 4) is 0 Å². The lowest BCUT2D eigenvalue weighted by Crippen LogP contribution is -2.50. The number of ether oxygens (including phenoxy) is 1. The highest BCUT2D eigenvalue weighted by Gasteiger charge is 2.38. The van der Waals surface area contributed by atoms with E-state index in [9.17, 15) is 18.0 Å². The quantitative estimate of drug-likeness (QED) is 0.764. The molecule has 3 rings (SSSR count). The maximum Gasteiger partial charge on any atom is 0.453 e. The number of carbonyl (C=O) groups excluding carboxylic acids is 1. The average Bonchev–Trinajstić information content (AvgIpc) is 2.96. The van der Waals surface area contributed by atoms with Gasteiger partial charge in [-0.2, -0.15) is 17.7 Å². The fourth-order valence-corrected chi connectivity index (χ4v) is 2.57. The normalized spacial score (nSPS) is 16.2. The lowest BCUT2D eigenvalue weighted by molar-refractivity contribution is -0.146. The summed E-state index contributed by atoms with van der Waals surface area (Å²) < 4.78 is 44.9. The molecule has 8 nitrogen and oxygen atoms in total. The number of hydrogen-bond donors (Lipinski definition) is 0. The van der Waals surface area contributed by atoms with Crippen molar-refractivity contribution in [2.75, 3.05) is 31.1 Å². The summed E-state index contributed by atoms with van der Waals surface area (Å²) in [5.74, 6) is -0.798. The summed E-state index contributed by atoms with van der Waals surface area (Å²) in [7, 11) is 0. The van der Waals surface area contributed by atoms with Gasteiger partial charge in [0.25, 0.3) is 5.82 Å². The maximum absolute atomic E-state index is 13.0. The first-order valence-corrected chi connectivity index (χ1v) is 8.07. The van der Waals surface area contributed by atoms with E-state index in [0.29, 0.717) is 36.5 Å². The molecule has 0 spiro atoms. The zero-order chi connectivity index (χ0) is 19.1. The monoisotopic (exact) mass is 372 g/mol. The number of fused-ring (bicyclic) bond motifs is 1. The summed E-state index contributed by atoms with van der Waals surface area (Å²) in [5, 5.41) is 10.7. The summed E-state index contributed by atoms with van der Waals surface area (Å²) in [5.41, 5.74) is -0.558. The first kappa shape index (κ1) is 18.2. The molecule has 0 radical (unpaired) electrons. The molecule has 2 aromatic heterocycles. The van der Waals surface area contributed by atoms with Crippen LogP contribution in [0.1, 0.15) is 26.6 Å². The zero-order valence-electron chi connectivity index (χ0n) is 14.6. The summed E-state index contributed by atoms with van der Waals surface area (Å²) in [6.07, 6.45) is -5.04. The molecule has 3 heterocycles. The van der Waals surface area contributed by atoms with Crippen LogP contribution < -0.4 is 4.90 Å². The number of anilines is 1. The number of alkyl halides is 3. The molecule has 1 aliphatic rings. The lowest BCUT2D eigenvalue weighted by atomic mass is 10.2. The number of hydrogen-bond acceptors (Lipinski definition) is 6. The lowest BCUT2D eigenvalue weighted by Gasteiger charge is -2.36. The zero-order valence-corrected chi connectivity index (χ0v) is 14.6. The molecule has 0 bridgehead atoms. The molecule has 0 saturated carbocycles. The third kappa shape index (κ3) is 3.81. The second-order valence-electron chi connectivity index (χ2n) is 6.94. The van der Waals surface area contributed by atoms with E-state index in [1.165, 1.54) is 6.07 Å². The molecule has 142 valence electrons. The van der Waals surface area contributed by atoms with Crippen LogP contribution in [-0.2, 0) is 10.9 Å². The molecule has 0 unspecified atom stereocenters. The van der Waals surface area contributed by atoms with Gasteiger partial charge in [-0.25, -0.2) is 4.79 Å². The third-order valence-corrected chi connectivity index (χ3v) is 3.76. The highest BCUT2D eigenvalue weighted by Crippen LogP contribution is 2.28. The van der Waals surface area contributed by atoms with Crippen LogP contribution >= 0.6 is 0 Å².